The molecule has 2 atom stereocenters. The lowest BCUT2D eigenvalue weighted by Gasteiger charge is -2.35. The third-order valence-corrected chi connectivity index (χ3v) is 4.54. The number of likely N-dealkylation sites (tertiary alicyclic amines) is 1. The van der Waals surface area contributed by atoms with E-state index in [2.05, 4.69) is 21.7 Å². The number of aryl methyl sites for hydroxylation is 1. The molecular formula is C14H22N4O2. The van der Waals surface area contributed by atoms with Gasteiger partial charge in [-0.25, -0.2) is 0 Å². The van der Waals surface area contributed by atoms with Gasteiger partial charge in [-0.2, -0.15) is 0 Å². The van der Waals surface area contributed by atoms with Gasteiger partial charge in [0, 0.05) is 13.0 Å². The Kier molecular flexibility index (Phi) is 3.74. The van der Waals surface area contributed by atoms with Crippen molar-refractivity contribution in [2.75, 3.05) is 6.54 Å². The number of hydrogen-bond acceptors (Lipinski definition) is 4. The maximum Gasteiger partial charge on any atom is 0.320 e. The maximum absolute atomic E-state index is 11.4. The third kappa shape index (κ3) is 2.57. The van der Waals surface area contributed by atoms with Crippen molar-refractivity contribution in [1.29, 1.82) is 0 Å². The van der Waals surface area contributed by atoms with Crippen molar-refractivity contribution >= 4 is 5.97 Å². The highest BCUT2D eigenvalue weighted by Crippen LogP contribution is 2.25. The Bertz CT molecular complexity index is 499. The quantitative estimate of drug-likeness (QED) is 0.902. The highest BCUT2D eigenvalue weighted by molar-refractivity contribution is 5.73. The molecule has 0 aliphatic carbocycles. The summed E-state index contributed by atoms with van der Waals surface area (Å²) in [5, 5.41) is 17.9. The Morgan fingerprint density at radius 2 is 2.20 bits per heavy atom. The highest BCUT2D eigenvalue weighted by atomic mass is 16.4. The van der Waals surface area contributed by atoms with E-state index in [0.717, 1.165) is 50.4 Å². The zero-order valence-electron chi connectivity index (χ0n) is 12.0. The zero-order valence-corrected chi connectivity index (χ0v) is 12.0. The first kappa shape index (κ1) is 13.5. The number of aromatic nitrogens is 3. The van der Waals surface area contributed by atoms with Gasteiger partial charge in [0.25, 0.3) is 0 Å². The van der Waals surface area contributed by atoms with Crippen molar-refractivity contribution in [2.24, 2.45) is 5.92 Å². The summed E-state index contributed by atoms with van der Waals surface area (Å²) in [4.78, 5) is 13.5. The van der Waals surface area contributed by atoms with E-state index in [1.165, 1.54) is 6.42 Å². The molecule has 1 fully saturated rings. The lowest BCUT2D eigenvalue weighted by atomic mass is 9.92. The fourth-order valence-corrected chi connectivity index (χ4v) is 3.30. The van der Waals surface area contributed by atoms with Gasteiger partial charge < -0.3 is 9.67 Å². The Morgan fingerprint density at radius 1 is 1.35 bits per heavy atom. The first-order chi connectivity index (χ1) is 9.65. The minimum Gasteiger partial charge on any atom is -0.480 e. The number of carboxylic acids is 1. The van der Waals surface area contributed by atoms with E-state index in [1.54, 1.807) is 0 Å². The van der Waals surface area contributed by atoms with Crippen molar-refractivity contribution in [3.8, 4) is 0 Å². The summed E-state index contributed by atoms with van der Waals surface area (Å²) < 4.78 is 2.18. The van der Waals surface area contributed by atoms with Crippen LogP contribution in [-0.2, 0) is 24.3 Å². The standard InChI is InChI=1S/C14H22N4O2/c1-10-5-7-17(11(8-10)14(19)20)9-13-16-15-12-4-2-3-6-18(12)13/h10-11H,2-9H2,1H3,(H,19,20). The third-order valence-electron chi connectivity index (χ3n) is 4.54. The number of aliphatic carboxylic acids is 1. The fraction of sp³-hybridized carbons (Fsp3) is 0.786. The largest absolute Gasteiger partial charge is 0.480 e. The van der Waals surface area contributed by atoms with Gasteiger partial charge >= 0.3 is 5.97 Å². The molecule has 6 heteroatoms. The topological polar surface area (TPSA) is 71.2 Å². The molecule has 0 aromatic carbocycles. The van der Waals surface area contributed by atoms with E-state index < -0.39 is 5.97 Å². The monoisotopic (exact) mass is 278 g/mol. The number of carbonyl (C=O) groups is 1. The molecule has 2 unspecified atom stereocenters. The molecule has 1 aromatic rings. The van der Waals surface area contributed by atoms with Crippen LogP contribution in [0.2, 0.25) is 0 Å². The van der Waals surface area contributed by atoms with Crippen molar-refractivity contribution in [3.05, 3.63) is 11.6 Å². The van der Waals surface area contributed by atoms with Crippen LogP contribution < -0.4 is 0 Å². The van der Waals surface area contributed by atoms with Gasteiger partial charge in [0.15, 0.2) is 0 Å². The van der Waals surface area contributed by atoms with Crippen molar-refractivity contribution in [1.82, 2.24) is 19.7 Å². The molecule has 2 aliphatic heterocycles. The Balaban J connectivity index is 1.76. The lowest BCUT2D eigenvalue weighted by Crippen LogP contribution is -2.46. The summed E-state index contributed by atoms with van der Waals surface area (Å²) in [6.07, 6.45) is 5.13. The fourth-order valence-electron chi connectivity index (χ4n) is 3.30. The van der Waals surface area contributed by atoms with Gasteiger partial charge in [-0.3, -0.25) is 9.69 Å². The molecule has 1 N–H and O–H groups in total. The lowest BCUT2D eigenvalue weighted by molar-refractivity contribution is -0.145. The number of piperidine rings is 1. The first-order valence-corrected chi connectivity index (χ1v) is 7.53. The molecule has 2 aliphatic rings. The van der Waals surface area contributed by atoms with Gasteiger partial charge in [-0.1, -0.05) is 6.92 Å². The first-order valence-electron chi connectivity index (χ1n) is 7.53. The van der Waals surface area contributed by atoms with E-state index in [4.69, 9.17) is 0 Å². The molecule has 3 rings (SSSR count). The molecule has 0 spiro atoms. The summed E-state index contributed by atoms with van der Waals surface area (Å²) in [6, 6.07) is -0.379. The van der Waals surface area contributed by atoms with Gasteiger partial charge in [0.05, 0.1) is 6.54 Å². The van der Waals surface area contributed by atoms with Gasteiger partial charge in [-0.05, 0) is 38.1 Å². The molecule has 1 aromatic heterocycles. The summed E-state index contributed by atoms with van der Waals surface area (Å²) in [5.41, 5.74) is 0. The predicted molar refractivity (Wildman–Crippen MR) is 73.2 cm³/mol. The smallest absolute Gasteiger partial charge is 0.320 e. The molecule has 0 radical (unpaired) electrons. The van der Waals surface area contributed by atoms with Gasteiger partial charge in [0.2, 0.25) is 0 Å². The van der Waals surface area contributed by atoms with Crippen LogP contribution in [0.3, 0.4) is 0 Å². The van der Waals surface area contributed by atoms with Crippen LogP contribution in [0.1, 0.15) is 44.3 Å². The van der Waals surface area contributed by atoms with E-state index in [0.29, 0.717) is 12.5 Å². The second kappa shape index (κ2) is 5.52. The number of nitrogens with zero attached hydrogens (tertiary/aromatic N) is 4. The Morgan fingerprint density at radius 3 is 3.00 bits per heavy atom. The maximum atomic E-state index is 11.4. The molecule has 6 nitrogen and oxygen atoms in total. The molecule has 110 valence electrons. The second-order valence-electron chi connectivity index (χ2n) is 6.10. The van der Waals surface area contributed by atoms with Crippen LogP contribution in [-0.4, -0.2) is 43.3 Å². The average Bonchev–Trinajstić information content (AvgIpc) is 2.84. The molecule has 1 saturated heterocycles. The van der Waals surface area contributed by atoms with Gasteiger partial charge in [-0.15, -0.1) is 10.2 Å². The van der Waals surface area contributed by atoms with Crippen LogP contribution in [0.4, 0.5) is 0 Å². The van der Waals surface area contributed by atoms with E-state index in [9.17, 15) is 9.90 Å². The van der Waals surface area contributed by atoms with Crippen LogP contribution in [0, 0.1) is 5.92 Å². The predicted octanol–water partition coefficient (Wildman–Crippen LogP) is 1.30. The number of rotatable bonds is 3. The highest BCUT2D eigenvalue weighted by Gasteiger charge is 2.32. The molecule has 20 heavy (non-hydrogen) atoms. The number of hydrogen-bond donors (Lipinski definition) is 1. The number of carboxylic acid groups (broad SMARTS) is 1. The SMILES string of the molecule is CC1CCN(Cc2nnc3n2CCCC3)C(C(=O)O)C1. The van der Waals surface area contributed by atoms with E-state index >= 15 is 0 Å². The zero-order chi connectivity index (χ0) is 14.1. The molecular weight excluding hydrogens is 256 g/mol. The Labute approximate surface area is 118 Å². The minimum atomic E-state index is -0.713. The van der Waals surface area contributed by atoms with E-state index in [-0.39, 0.29) is 6.04 Å². The summed E-state index contributed by atoms with van der Waals surface area (Å²) >= 11 is 0. The average molecular weight is 278 g/mol. The van der Waals surface area contributed by atoms with Crippen molar-refractivity contribution < 1.29 is 9.90 Å². The second-order valence-corrected chi connectivity index (χ2v) is 6.10. The van der Waals surface area contributed by atoms with Crippen LogP contribution in [0.5, 0.6) is 0 Å². The molecule has 0 amide bonds. The Hall–Kier alpha value is -1.43. The van der Waals surface area contributed by atoms with Crippen LogP contribution >= 0.6 is 0 Å². The number of fused-ring (bicyclic) bond motifs is 1. The van der Waals surface area contributed by atoms with Crippen LogP contribution in [0.15, 0.2) is 0 Å². The molecule has 0 saturated carbocycles. The van der Waals surface area contributed by atoms with Crippen molar-refractivity contribution in [3.63, 3.8) is 0 Å². The van der Waals surface area contributed by atoms with Crippen LogP contribution in [0.25, 0.3) is 0 Å². The van der Waals surface area contributed by atoms with E-state index in [1.807, 2.05) is 4.90 Å². The van der Waals surface area contributed by atoms with Gasteiger partial charge in [0.1, 0.15) is 17.7 Å². The summed E-state index contributed by atoms with van der Waals surface area (Å²) in [5.74, 6) is 1.76. The van der Waals surface area contributed by atoms with Crippen molar-refractivity contribution in [2.45, 2.75) is 58.2 Å². The molecule has 0 bridgehead atoms. The normalized spacial score (nSPS) is 27.2. The minimum absolute atomic E-state index is 0.379. The summed E-state index contributed by atoms with van der Waals surface area (Å²) in [6.45, 7) is 4.54. The molecule has 3 heterocycles. The summed E-state index contributed by atoms with van der Waals surface area (Å²) in [7, 11) is 0.